The molecule has 0 bridgehead atoms. The van der Waals surface area contributed by atoms with E-state index in [2.05, 4.69) is 22.7 Å². The number of anilines is 1. The number of nitrogens with one attached hydrogen (secondary N) is 2. The summed E-state index contributed by atoms with van der Waals surface area (Å²) in [4.78, 5) is 12.0. The Morgan fingerprint density at radius 3 is 2.95 bits per heavy atom. The largest absolute Gasteiger partial charge is 0.322 e. The number of aryl methyl sites for hydroxylation is 1. The molecule has 1 aromatic carbocycles. The molecule has 2 rings (SSSR count). The predicted molar refractivity (Wildman–Crippen MR) is 75.0 cm³/mol. The van der Waals surface area contributed by atoms with E-state index < -0.39 is 0 Å². The minimum absolute atomic E-state index is 0.145. The van der Waals surface area contributed by atoms with Crippen molar-refractivity contribution in [3.8, 4) is 0 Å². The molecule has 0 saturated carbocycles. The smallest absolute Gasteiger partial charge is 0.258 e. The Labute approximate surface area is 112 Å². The Balaban J connectivity index is 2.04. The fraction of sp³-hybridized carbons (Fsp3) is 0.286. The van der Waals surface area contributed by atoms with Gasteiger partial charge in [0.05, 0.1) is 11.8 Å². The number of carbonyl (C=O) groups is 1. The van der Waals surface area contributed by atoms with Gasteiger partial charge in [0.25, 0.3) is 5.91 Å². The summed E-state index contributed by atoms with van der Waals surface area (Å²) in [6.07, 6.45) is 3.25. The summed E-state index contributed by atoms with van der Waals surface area (Å²) in [5, 5.41) is 10.1. The Hall–Kier alpha value is -2.14. The van der Waals surface area contributed by atoms with Crippen LogP contribution in [0.25, 0.3) is 0 Å². The van der Waals surface area contributed by atoms with Crippen LogP contribution in [-0.4, -0.2) is 22.2 Å². The number of hydrogen-bond donors (Lipinski definition) is 2. The monoisotopic (exact) mass is 258 g/mol. The fourth-order valence-corrected chi connectivity index (χ4v) is 1.77. The van der Waals surface area contributed by atoms with Gasteiger partial charge in [-0.25, -0.2) is 0 Å². The molecule has 0 aliphatic rings. The average molecular weight is 258 g/mol. The molecule has 0 saturated heterocycles. The number of benzene rings is 1. The third kappa shape index (κ3) is 3.66. The number of rotatable bonds is 5. The number of hydrogen-bond acceptors (Lipinski definition) is 3. The van der Waals surface area contributed by atoms with Crippen LogP contribution in [0.3, 0.4) is 0 Å². The van der Waals surface area contributed by atoms with E-state index in [1.165, 1.54) is 0 Å². The molecule has 100 valence electrons. The minimum atomic E-state index is -0.145. The predicted octanol–water partition coefficient (Wildman–Crippen LogP) is 1.78. The normalized spacial score (nSPS) is 10.4. The van der Waals surface area contributed by atoms with Gasteiger partial charge >= 0.3 is 0 Å². The van der Waals surface area contributed by atoms with Crippen LogP contribution in [0.5, 0.6) is 0 Å². The lowest BCUT2D eigenvalue weighted by molar-refractivity contribution is 0.102. The van der Waals surface area contributed by atoms with Crippen molar-refractivity contribution in [3.05, 3.63) is 47.8 Å². The van der Waals surface area contributed by atoms with Crippen molar-refractivity contribution in [1.82, 2.24) is 15.1 Å². The third-order valence-electron chi connectivity index (χ3n) is 2.73. The molecule has 1 aromatic heterocycles. The summed E-state index contributed by atoms with van der Waals surface area (Å²) in [7, 11) is 1.79. The SMILES string of the molecule is CCNCc1cccc(NC(=O)c2cnn(C)c2)c1. The van der Waals surface area contributed by atoms with Gasteiger partial charge < -0.3 is 10.6 Å². The van der Waals surface area contributed by atoms with Crippen molar-refractivity contribution in [1.29, 1.82) is 0 Å². The Morgan fingerprint density at radius 1 is 1.42 bits per heavy atom. The van der Waals surface area contributed by atoms with Crippen molar-refractivity contribution in [2.75, 3.05) is 11.9 Å². The first-order valence-corrected chi connectivity index (χ1v) is 6.28. The molecular weight excluding hydrogens is 240 g/mol. The van der Waals surface area contributed by atoms with Crippen LogP contribution in [0, 0.1) is 0 Å². The van der Waals surface area contributed by atoms with E-state index in [0.29, 0.717) is 5.56 Å². The zero-order chi connectivity index (χ0) is 13.7. The highest BCUT2D eigenvalue weighted by Gasteiger charge is 2.08. The molecule has 1 amide bonds. The van der Waals surface area contributed by atoms with Gasteiger partial charge in [-0.2, -0.15) is 5.10 Å². The van der Waals surface area contributed by atoms with Gasteiger partial charge in [-0.3, -0.25) is 9.48 Å². The van der Waals surface area contributed by atoms with Crippen LogP contribution >= 0.6 is 0 Å². The van der Waals surface area contributed by atoms with E-state index in [0.717, 1.165) is 24.3 Å². The summed E-state index contributed by atoms with van der Waals surface area (Å²) in [5.41, 5.74) is 2.50. The van der Waals surface area contributed by atoms with Crippen molar-refractivity contribution in [3.63, 3.8) is 0 Å². The lowest BCUT2D eigenvalue weighted by Crippen LogP contribution is -2.13. The first-order valence-electron chi connectivity index (χ1n) is 6.28. The zero-order valence-electron chi connectivity index (χ0n) is 11.2. The molecule has 0 fully saturated rings. The van der Waals surface area contributed by atoms with E-state index in [9.17, 15) is 4.79 Å². The first kappa shape index (κ1) is 13.3. The highest BCUT2D eigenvalue weighted by molar-refractivity contribution is 6.03. The van der Waals surface area contributed by atoms with Crippen LogP contribution in [-0.2, 0) is 13.6 Å². The number of carbonyl (C=O) groups excluding carboxylic acids is 1. The molecule has 0 radical (unpaired) electrons. The molecule has 2 N–H and O–H groups in total. The van der Waals surface area contributed by atoms with Gasteiger partial charge in [0, 0.05) is 25.5 Å². The lowest BCUT2D eigenvalue weighted by Gasteiger charge is -2.07. The number of nitrogens with zero attached hydrogens (tertiary/aromatic N) is 2. The molecule has 19 heavy (non-hydrogen) atoms. The van der Waals surface area contributed by atoms with Gasteiger partial charge in [0.15, 0.2) is 0 Å². The van der Waals surface area contributed by atoms with Crippen molar-refractivity contribution in [2.24, 2.45) is 7.05 Å². The quantitative estimate of drug-likeness (QED) is 0.859. The van der Waals surface area contributed by atoms with Crippen molar-refractivity contribution < 1.29 is 4.79 Å². The Kier molecular flexibility index (Phi) is 4.30. The maximum absolute atomic E-state index is 12.0. The zero-order valence-corrected chi connectivity index (χ0v) is 11.2. The van der Waals surface area contributed by atoms with Crippen LogP contribution in [0.1, 0.15) is 22.8 Å². The summed E-state index contributed by atoms with van der Waals surface area (Å²) in [6.45, 7) is 3.79. The number of amides is 1. The summed E-state index contributed by atoms with van der Waals surface area (Å²) >= 11 is 0. The summed E-state index contributed by atoms with van der Waals surface area (Å²) < 4.78 is 1.61. The third-order valence-corrected chi connectivity index (χ3v) is 2.73. The molecule has 0 spiro atoms. The molecule has 2 aromatic rings. The van der Waals surface area contributed by atoms with E-state index in [-0.39, 0.29) is 5.91 Å². The second-order valence-electron chi connectivity index (χ2n) is 4.34. The van der Waals surface area contributed by atoms with E-state index in [1.807, 2.05) is 24.3 Å². The molecule has 0 aliphatic carbocycles. The minimum Gasteiger partial charge on any atom is -0.322 e. The van der Waals surface area contributed by atoms with Crippen LogP contribution in [0.2, 0.25) is 0 Å². The molecule has 0 atom stereocenters. The summed E-state index contributed by atoms with van der Waals surface area (Å²) in [6, 6.07) is 7.81. The van der Waals surface area contributed by atoms with E-state index >= 15 is 0 Å². The van der Waals surface area contributed by atoms with Gasteiger partial charge in [-0.05, 0) is 24.2 Å². The van der Waals surface area contributed by atoms with Crippen LogP contribution in [0.4, 0.5) is 5.69 Å². The van der Waals surface area contributed by atoms with Crippen molar-refractivity contribution in [2.45, 2.75) is 13.5 Å². The molecule has 0 unspecified atom stereocenters. The second kappa shape index (κ2) is 6.15. The van der Waals surface area contributed by atoms with Gasteiger partial charge in [0.2, 0.25) is 0 Å². The van der Waals surface area contributed by atoms with E-state index in [1.54, 1.807) is 24.1 Å². The van der Waals surface area contributed by atoms with Gasteiger partial charge in [-0.1, -0.05) is 19.1 Å². The lowest BCUT2D eigenvalue weighted by atomic mass is 10.2. The van der Waals surface area contributed by atoms with Gasteiger partial charge in [0.1, 0.15) is 0 Å². The Bertz CT molecular complexity index is 562. The highest BCUT2D eigenvalue weighted by atomic mass is 16.1. The maximum Gasteiger partial charge on any atom is 0.258 e. The standard InChI is InChI=1S/C14H18N4O/c1-3-15-8-11-5-4-6-13(7-11)17-14(19)12-9-16-18(2)10-12/h4-7,9-10,15H,3,8H2,1-2H3,(H,17,19). The molecule has 5 nitrogen and oxygen atoms in total. The molecule has 5 heteroatoms. The van der Waals surface area contributed by atoms with Crippen LogP contribution < -0.4 is 10.6 Å². The van der Waals surface area contributed by atoms with Crippen molar-refractivity contribution >= 4 is 11.6 Å². The topological polar surface area (TPSA) is 58.9 Å². The highest BCUT2D eigenvalue weighted by Crippen LogP contribution is 2.12. The first-order chi connectivity index (χ1) is 9.19. The fourth-order valence-electron chi connectivity index (χ4n) is 1.77. The molecule has 1 heterocycles. The average Bonchev–Trinajstić information content (AvgIpc) is 2.83. The van der Waals surface area contributed by atoms with Crippen LogP contribution in [0.15, 0.2) is 36.7 Å². The number of aromatic nitrogens is 2. The van der Waals surface area contributed by atoms with E-state index in [4.69, 9.17) is 0 Å². The molecular formula is C14H18N4O. The second-order valence-corrected chi connectivity index (χ2v) is 4.34. The van der Waals surface area contributed by atoms with Gasteiger partial charge in [-0.15, -0.1) is 0 Å². The Morgan fingerprint density at radius 2 is 2.26 bits per heavy atom. The molecule has 0 aliphatic heterocycles. The summed E-state index contributed by atoms with van der Waals surface area (Å²) in [5.74, 6) is -0.145. The maximum atomic E-state index is 12.0.